The maximum atomic E-state index is 12.0. The Morgan fingerprint density at radius 2 is 2.03 bits per heavy atom. The summed E-state index contributed by atoms with van der Waals surface area (Å²) in [5, 5.41) is 0. The van der Waals surface area contributed by atoms with Crippen molar-refractivity contribution in [3.63, 3.8) is 0 Å². The third-order valence-electron chi connectivity index (χ3n) is 4.33. The number of ether oxygens (including phenoxy) is 4. The fourth-order valence-electron chi connectivity index (χ4n) is 2.71. The fourth-order valence-corrected chi connectivity index (χ4v) is 3.32. The molecule has 13 nitrogen and oxygen atoms in total. The number of carbonyl (C=O) groups excluding carboxylic acids is 1. The SMILES string of the molecule is CC(C)OC(=O)[C@H](C)N/N=[P+](\[O-])Oc1ccc(OC[C@H]2OC[C@@H](n3ccc(N)nc3=O)O2)cc1. The van der Waals surface area contributed by atoms with Gasteiger partial charge in [0.1, 0.15) is 24.2 Å². The zero-order valence-corrected chi connectivity index (χ0v) is 19.7. The van der Waals surface area contributed by atoms with E-state index in [0.29, 0.717) is 11.5 Å². The lowest BCUT2D eigenvalue weighted by Crippen LogP contribution is -2.33. The normalized spacial score (nSPS) is 19.1. The highest BCUT2D eigenvalue weighted by atomic mass is 31.1. The van der Waals surface area contributed by atoms with E-state index >= 15 is 0 Å². The summed E-state index contributed by atoms with van der Waals surface area (Å²) in [6.07, 6.45) is -0.0883. The van der Waals surface area contributed by atoms with Crippen LogP contribution in [0.5, 0.6) is 11.5 Å². The standard InChI is InChI=1S/C20H26N5O8P/c1-12(2)31-19(26)13(3)23-24-34(28)33-15-6-4-14(5-7-15)29-11-18-30-10-17(32-18)25-9-8-16(21)22-20(25)27/h4-9,12-13,17-18,23H,10-11H2,1-3H3,(H2,21,22,27)/t13-,17-,18-/m0/s1. The molecule has 1 aromatic heterocycles. The molecule has 4 atom stereocenters. The van der Waals surface area contributed by atoms with Crippen molar-refractivity contribution < 1.29 is 33.2 Å². The average Bonchev–Trinajstić information content (AvgIpc) is 3.25. The van der Waals surface area contributed by atoms with Gasteiger partial charge in [0.2, 0.25) is 0 Å². The maximum Gasteiger partial charge on any atom is 0.412 e. The number of nitrogens with two attached hydrogens (primary N) is 1. The highest BCUT2D eigenvalue weighted by Gasteiger charge is 2.28. The van der Waals surface area contributed by atoms with E-state index in [1.807, 2.05) is 0 Å². The Bertz CT molecular complexity index is 1060. The molecule has 1 aliphatic heterocycles. The Morgan fingerprint density at radius 1 is 1.32 bits per heavy atom. The molecule has 0 amide bonds. The monoisotopic (exact) mass is 495 g/mol. The first-order chi connectivity index (χ1) is 16.2. The summed E-state index contributed by atoms with van der Waals surface area (Å²) in [5.74, 6) is 0.398. The van der Waals surface area contributed by atoms with Gasteiger partial charge in [0.05, 0.1) is 12.7 Å². The lowest BCUT2D eigenvalue weighted by atomic mass is 10.3. The van der Waals surface area contributed by atoms with Gasteiger partial charge in [0, 0.05) is 11.1 Å². The number of nitrogens with one attached hydrogen (secondary N) is 1. The number of nitrogen functional groups attached to an aromatic ring is 1. The first-order valence-corrected chi connectivity index (χ1v) is 11.5. The van der Waals surface area contributed by atoms with Gasteiger partial charge in [-0.2, -0.15) is 10.4 Å². The van der Waals surface area contributed by atoms with Crippen LogP contribution in [0.1, 0.15) is 27.0 Å². The molecule has 2 aromatic rings. The molecule has 34 heavy (non-hydrogen) atoms. The smallest absolute Gasteiger partial charge is 0.412 e. The van der Waals surface area contributed by atoms with Crippen LogP contribution in [-0.2, 0) is 19.0 Å². The third-order valence-corrected chi connectivity index (χ3v) is 4.97. The maximum absolute atomic E-state index is 12.0. The molecule has 184 valence electrons. The van der Waals surface area contributed by atoms with Crippen LogP contribution in [0.25, 0.3) is 0 Å². The summed E-state index contributed by atoms with van der Waals surface area (Å²) in [5.41, 5.74) is 7.41. The van der Waals surface area contributed by atoms with Crippen LogP contribution >= 0.6 is 8.17 Å². The molecular weight excluding hydrogens is 469 g/mol. The molecule has 1 aromatic carbocycles. The van der Waals surface area contributed by atoms with E-state index in [1.54, 1.807) is 38.1 Å². The lowest BCUT2D eigenvalue weighted by molar-refractivity contribution is -0.169. The molecule has 0 bridgehead atoms. The molecule has 1 saturated heterocycles. The molecule has 2 heterocycles. The number of anilines is 1. The van der Waals surface area contributed by atoms with Gasteiger partial charge in [-0.25, -0.2) is 4.79 Å². The summed E-state index contributed by atoms with van der Waals surface area (Å²) in [6, 6.07) is 7.04. The van der Waals surface area contributed by atoms with Gasteiger partial charge in [-0.1, -0.05) is 0 Å². The molecule has 0 spiro atoms. The Morgan fingerprint density at radius 3 is 2.71 bits per heavy atom. The van der Waals surface area contributed by atoms with Crippen molar-refractivity contribution in [1.82, 2.24) is 15.0 Å². The molecule has 14 heteroatoms. The van der Waals surface area contributed by atoms with Crippen LogP contribution in [0.3, 0.4) is 0 Å². The minimum Gasteiger partial charge on any atom is -0.574 e. The Hall–Kier alpha value is -3.09. The van der Waals surface area contributed by atoms with Crippen LogP contribution < -0.4 is 31.0 Å². The van der Waals surface area contributed by atoms with Crippen LogP contribution in [0.4, 0.5) is 5.82 Å². The molecule has 1 fully saturated rings. The topological polar surface area (TPSA) is 172 Å². The van der Waals surface area contributed by atoms with Crippen molar-refractivity contribution in [3.05, 3.63) is 47.0 Å². The number of aromatic nitrogens is 2. The predicted molar refractivity (Wildman–Crippen MR) is 119 cm³/mol. The first-order valence-electron chi connectivity index (χ1n) is 10.4. The van der Waals surface area contributed by atoms with Crippen LogP contribution in [0.2, 0.25) is 0 Å². The van der Waals surface area contributed by atoms with Gasteiger partial charge >= 0.3 is 19.8 Å². The van der Waals surface area contributed by atoms with Gasteiger partial charge in [-0.15, -0.1) is 0 Å². The second-order valence-corrected chi connectivity index (χ2v) is 8.30. The number of nitrogens with zero attached hydrogens (tertiary/aromatic N) is 3. The largest absolute Gasteiger partial charge is 0.574 e. The fraction of sp³-hybridized carbons (Fsp3) is 0.450. The molecule has 1 unspecified atom stereocenters. The molecule has 0 aliphatic carbocycles. The quantitative estimate of drug-likeness (QED) is 0.272. The van der Waals surface area contributed by atoms with Crippen molar-refractivity contribution in [2.45, 2.75) is 45.4 Å². The van der Waals surface area contributed by atoms with Crippen LogP contribution in [-0.4, -0.2) is 47.2 Å². The van der Waals surface area contributed by atoms with E-state index in [-0.39, 0.29) is 25.1 Å². The van der Waals surface area contributed by atoms with Crippen molar-refractivity contribution in [2.75, 3.05) is 18.9 Å². The van der Waals surface area contributed by atoms with Gasteiger partial charge < -0.3 is 29.6 Å². The number of benzene rings is 1. The van der Waals surface area contributed by atoms with Crippen molar-refractivity contribution >= 4 is 20.0 Å². The summed E-state index contributed by atoms with van der Waals surface area (Å²) < 4.78 is 28.3. The lowest BCUT2D eigenvalue weighted by Gasteiger charge is -2.14. The summed E-state index contributed by atoms with van der Waals surface area (Å²) >= 11 is 0. The van der Waals surface area contributed by atoms with Crippen LogP contribution in [0, 0.1) is 0 Å². The molecule has 0 radical (unpaired) electrons. The first kappa shape index (κ1) is 25.5. The van der Waals surface area contributed by atoms with E-state index in [2.05, 4.69) is 15.3 Å². The molecule has 3 N–H and O–H groups in total. The molecule has 1 aliphatic rings. The van der Waals surface area contributed by atoms with E-state index in [4.69, 9.17) is 29.2 Å². The molecule has 3 rings (SSSR count). The highest BCUT2D eigenvalue weighted by Crippen LogP contribution is 2.26. The predicted octanol–water partition coefficient (Wildman–Crippen LogP) is 0.855. The minimum absolute atomic E-state index is 0.0751. The van der Waals surface area contributed by atoms with Crippen molar-refractivity contribution in [1.29, 1.82) is 0 Å². The number of esters is 1. The Balaban J connectivity index is 1.44. The average molecular weight is 495 g/mol. The second kappa shape index (κ2) is 11.9. The van der Waals surface area contributed by atoms with E-state index in [0.717, 1.165) is 0 Å². The van der Waals surface area contributed by atoms with E-state index in [1.165, 1.54) is 23.8 Å². The highest BCUT2D eigenvalue weighted by molar-refractivity contribution is 7.33. The number of hydrogen-bond acceptors (Lipinski definition) is 11. The molecular formula is C20H26N5O8P. The van der Waals surface area contributed by atoms with Gasteiger partial charge in [-0.05, 0) is 51.1 Å². The van der Waals surface area contributed by atoms with Gasteiger partial charge in [0.15, 0.2) is 18.3 Å². The second-order valence-electron chi connectivity index (χ2n) is 7.44. The zero-order chi connectivity index (χ0) is 24.7. The number of rotatable bonds is 10. The summed E-state index contributed by atoms with van der Waals surface area (Å²) in [6.45, 7) is 5.22. The summed E-state index contributed by atoms with van der Waals surface area (Å²) in [7, 11) is -2.46. The number of carbonyl (C=O) groups is 1. The number of hydrogen-bond donors (Lipinski definition) is 2. The third kappa shape index (κ3) is 7.47. The van der Waals surface area contributed by atoms with E-state index < -0.39 is 38.4 Å². The van der Waals surface area contributed by atoms with Gasteiger partial charge in [0.25, 0.3) is 0 Å². The zero-order valence-electron chi connectivity index (χ0n) is 18.8. The summed E-state index contributed by atoms with van der Waals surface area (Å²) in [4.78, 5) is 42.9. The van der Waals surface area contributed by atoms with E-state index in [9.17, 15) is 14.5 Å². The van der Waals surface area contributed by atoms with Crippen LogP contribution in [0.15, 0.2) is 46.2 Å². The van der Waals surface area contributed by atoms with Gasteiger partial charge in [-0.3, -0.25) is 13.9 Å². The Labute approximate surface area is 196 Å². The Kier molecular flexibility index (Phi) is 8.91. The molecule has 0 saturated carbocycles. The van der Waals surface area contributed by atoms with Crippen molar-refractivity contribution in [3.8, 4) is 11.5 Å². The minimum atomic E-state index is -2.46. The van der Waals surface area contributed by atoms with Crippen molar-refractivity contribution in [2.24, 2.45) is 4.85 Å².